The number of carbonyl (C=O) groups is 1. The summed E-state index contributed by atoms with van der Waals surface area (Å²) in [6.07, 6.45) is 1.15. The molecule has 0 spiro atoms. The number of fused-ring (bicyclic) bond motifs is 1. The van der Waals surface area contributed by atoms with Crippen molar-refractivity contribution < 1.29 is 9.18 Å². The molecule has 0 unspecified atom stereocenters. The van der Waals surface area contributed by atoms with Crippen molar-refractivity contribution in [1.29, 1.82) is 0 Å². The third kappa shape index (κ3) is 2.55. The molecule has 1 aliphatic rings. The Labute approximate surface area is 99.6 Å². The Kier molecular flexibility index (Phi) is 3.58. The standard InChI is InChI=1S/C12H16FN3O/c13-9-3-1-4-10-12(9)16(7-2-6-14)8-5-11(17)15-10/h1,3-4H,2,5-8,14H2,(H,15,17). The van der Waals surface area contributed by atoms with Crippen molar-refractivity contribution in [3.8, 4) is 0 Å². The third-order valence-electron chi connectivity index (χ3n) is 2.82. The lowest BCUT2D eigenvalue weighted by atomic mass is 10.2. The van der Waals surface area contributed by atoms with E-state index in [2.05, 4.69) is 5.32 Å². The van der Waals surface area contributed by atoms with Crippen LogP contribution >= 0.6 is 0 Å². The molecule has 0 bridgehead atoms. The molecule has 0 saturated heterocycles. The average molecular weight is 237 g/mol. The minimum Gasteiger partial charge on any atom is -0.367 e. The molecule has 0 atom stereocenters. The fraction of sp³-hybridized carbons (Fsp3) is 0.417. The molecule has 0 fully saturated rings. The average Bonchev–Trinajstić information content (AvgIpc) is 2.46. The van der Waals surface area contributed by atoms with Crippen LogP contribution in [0.25, 0.3) is 0 Å². The zero-order chi connectivity index (χ0) is 12.3. The Morgan fingerprint density at radius 1 is 1.47 bits per heavy atom. The number of nitrogens with two attached hydrogens (primary N) is 1. The summed E-state index contributed by atoms with van der Waals surface area (Å²) in [7, 11) is 0. The highest BCUT2D eigenvalue weighted by Gasteiger charge is 2.21. The number of hydrogen-bond donors (Lipinski definition) is 2. The number of halogens is 1. The minimum atomic E-state index is -0.304. The van der Waals surface area contributed by atoms with Crippen LogP contribution in [0, 0.1) is 5.82 Å². The zero-order valence-electron chi connectivity index (χ0n) is 9.58. The van der Waals surface area contributed by atoms with Gasteiger partial charge in [-0.2, -0.15) is 0 Å². The number of amides is 1. The fourth-order valence-electron chi connectivity index (χ4n) is 2.00. The van der Waals surface area contributed by atoms with Gasteiger partial charge in [-0.05, 0) is 25.1 Å². The van der Waals surface area contributed by atoms with Crippen LogP contribution in [0.15, 0.2) is 18.2 Å². The van der Waals surface area contributed by atoms with Crippen LogP contribution in [-0.4, -0.2) is 25.5 Å². The Morgan fingerprint density at radius 3 is 3.06 bits per heavy atom. The second kappa shape index (κ2) is 5.14. The molecule has 1 aromatic carbocycles. The summed E-state index contributed by atoms with van der Waals surface area (Å²) in [5.41, 5.74) is 6.49. The summed E-state index contributed by atoms with van der Waals surface area (Å²) in [5, 5.41) is 2.72. The topological polar surface area (TPSA) is 58.4 Å². The lowest BCUT2D eigenvalue weighted by molar-refractivity contribution is -0.115. The lowest BCUT2D eigenvalue weighted by Gasteiger charge is -2.24. The minimum absolute atomic E-state index is 0.0768. The fourth-order valence-corrected chi connectivity index (χ4v) is 2.00. The molecule has 1 amide bonds. The molecule has 5 heteroatoms. The molecular weight excluding hydrogens is 221 g/mol. The zero-order valence-corrected chi connectivity index (χ0v) is 9.58. The molecule has 4 nitrogen and oxygen atoms in total. The SMILES string of the molecule is NCCCN1CCC(=O)Nc2cccc(F)c21. The van der Waals surface area contributed by atoms with Crippen molar-refractivity contribution >= 4 is 17.3 Å². The molecule has 3 N–H and O–H groups in total. The van der Waals surface area contributed by atoms with E-state index in [9.17, 15) is 9.18 Å². The van der Waals surface area contributed by atoms with Crippen LogP contribution in [0.5, 0.6) is 0 Å². The van der Waals surface area contributed by atoms with Gasteiger partial charge in [-0.15, -0.1) is 0 Å². The Bertz CT molecular complexity index is 422. The van der Waals surface area contributed by atoms with E-state index in [1.807, 2.05) is 4.90 Å². The van der Waals surface area contributed by atoms with Crippen molar-refractivity contribution in [3.05, 3.63) is 24.0 Å². The van der Waals surface area contributed by atoms with E-state index < -0.39 is 0 Å². The molecule has 92 valence electrons. The van der Waals surface area contributed by atoms with Crippen molar-refractivity contribution in [2.75, 3.05) is 29.9 Å². The summed E-state index contributed by atoms with van der Waals surface area (Å²) in [5.74, 6) is -0.381. The van der Waals surface area contributed by atoms with Crippen LogP contribution in [0.3, 0.4) is 0 Å². The molecule has 0 aromatic heterocycles. The highest BCUT2D eigenvalue weighted by molar-refractivity contribution is 5.96. The summed E-state index contributed by atoms with van der Waals surface area (Å²) in [4.78, 5) is 13.4. The van der Waals surface area contributed by atoms with Gasteiger partial charge in [0.15, 0.2) is 0 Å². The maximum atomic E-state index is 13.8. The van der Waals surface area contributed by atoms with E-state index in [0.717, 1.165) is 6.42 Å². The molecule has 1 aliphatic heterocycles. The van der Waals surface area contributed by atoms with Gasteiger partial charge in [0.1, 0.15) is 5.82 Å². The predicted molar refractivity (Wildman–Crippen MR) is 65.5 cm³/mol. The van der Waals surface area contributed by atoms with E-state index in [-0.39, 0.29) is 11.7 Å². The van der Waals surface area contributed by atoms with Gasteiger partial charge in [0.2, 0.25) is 5.91 Å². The van der Waals surface area contributed by atoms with Crippen LogP contribution in [-0.2, 0) is 4.79 Å². The number of carbonyl (C=O) groups excluding carboxylic acids is 1. The number of nitrogens with one attached hydrogen (secondary N) is 1. The van der Waals surface area contributed by atoms with Crippen LogP contribution in [0.1, 0.15) is 12.8 Å². The van der Waals surface area contributed by atoms with E-state index in [1.165, 1.54) is 6.07 Å². The quantitative estimate of drug-likeness (QED) is 0.833. The number of anilines is 2. The maximum absolute atomic E-state index is 13.8. The number of benzene rings is 1. The second-order valence-corrected chi connectivity index (χ2v) is 4.06. The van der Waals surface area contributed by atoms with Gasteiger partial charge >= 0.3 is 0 Å². The van der Waals surface area contributed by atoms with E-state index in [0.29, 0.717) is 37.4 Å². The first-order valence-electron chi connectivity index (χ1n) is 5.75. The van der Waals surface area contributed by atoms with Gasteiger partial charge in [0.25, 0.3) is 0 Å². The number of para-hydroxylation sites is 1. The summed E-state index contributed by atoms with van der Waals surface area (Å²) < 4.78 is 13.8. The molecule has 1 heterocycles. The van der Waals surface area contributed by atoms with Gasteiger partial charge in [-0.25, -0.2) is 4.39 Å². The number of rotatable bonds is 3. The Balaban J connectivity index is 2.34. The molecule has 17 heavy (non-hydrogen) atoms. The summed E-state index contributed by atoms with van der Waals surface area (Å²) >= 11 is 0. The normalized spacial score (nSPS) is 15.2. The molecular formula is C12H16FN3O. The summed E-state index contributed by atoms with van der Waals surface area (Å²) in [6.45, 7) is 1.75. The van der Waals surface area contributed by atoms with Gasteiger partial charge < -0.3 is 16.0 Å². The monoisotopic (exact) mass is 237 g/mol. The van der Waals surface area contributed by atoms with Gasteiger partial charge in [0, 0.05) is 19.5 Å². The van der Waals surface area contributed by atoms with Crippen LogP contribution in [0.2, 0.25) is 0 Å². The van der Waals surface area contributed by atoms with E-state index >= 15 is 0 Å². The Morgan fingerprint density at radius 2 is 2.29 bits per heavy atom. The van der Waals surface area contributed by atoms with Crippen molar-refractivity contribution in [3.63, 3.8) is 0 Å². The highest BCUT2D eigenvalue weighted by atomic mass is 19.1. The van der Waals surface area contributed by atoms with Gasteiger partial charge in [-0.3, -0.25) is 4.79 Å². The Hall–Kier alpha value is -1.62. The lowest BCUT2D eigenvalue weighted by Crippen LogP contribution is -2.28. The van der Waals surface area contributed by atoms with Crippen LogP contribution in [0.4, 0.5) is 15.8 Å². The number of hydrogen-bond acceptors (Lipinski definition) is 3. The number of nitrogens with zero attached hydrogens (tertiary/aromatic N) is 1. The molecule has 2 rings (SSSR count). The molecule has 0 saturated carbocycles. The first-order chi connectivity index (χ1) is 8.22. The first kappa shape index (κ1) is 11.9. The third-order valence-corrected chi connectivity index (χ3v) is 2.82. The predicted octanol–water partition coefficient (Wildman–Crippen LogP) is 1.32. The van der Waals surface area contributed by atoms with Crippen molar-refractivity contribution in [2.45, 2.75) is 12.8 Å². The van der Waals surface area contributed by atoms with Crippen molar-refractivity contribution in [1.82, 2.24) is 0 Å². The van der Waals surface area contributed by atoms with E-state index in [1.54, 1.807) is 12.1 Å². The smallest absolute Gasteiger partial charge is 0.226 e. The summed E-state index contributed by atoms with van der Waals surface area (Å²) in [6, 6.07) is 4.73. The second-order valence-electron chi connectivity index (χ2n) is 4.06. The van der Waals surface area contributed by atoms with Gasteiger partial charge in [0.05, 0.1) is 11.4 Å². The first-order valence-corrected chi connectivity index (χ1v) is 5.75. The van der Waals surface area contributed by atoms with Crippen molar-refractivity contribution in [2.24, 2.45) is 5.73 Å². The highest BCUT2D eigenvalue weighted by Crippen LogP contribution is 2.31. The molecule has 0 aliphatic carbocycles. The molecule has 1 aromatic rings. The van der Waals surface area contributed by atoms with Crippen LogP contribution < -0.4 is 16.0 Å². The molecule has 0 radical (unpaired) electrons. The largest absolute Gasteiger partial charge is 0.367 e. The van der Waals surface area contributed by atoms with E-state index in [4.69, 9.17) is 5.73 Å². The van der Waals surface area contributed by atoms with Gasteiger partial charge in [-0.1, -0.05) is 6.07 Å². The maximum Gasteiger partial charge on any atom is 0.226 e.